The summed E-state index contributed by atoms with van der Waals surface area (Å²) in [6.45, 7) is 6.13. The smallest absolute Gasteiger partial charge is 0.300 e. The molecule has 2 aromatic rings. The van der Waals surface area contributed by atoms with E-state index >= 15 is 0 Å². The third-order valence-electron chi connectivity index (χ3n) is 7.42. The van der Waals surface area contributed by atoms with Gasteiger partial charge in [-0.05, 0) is 18.1 Å². The number of amidine groups is 1. The van der Waals surface area contributed by atoms with E-state index in [2.05, 4.69) is 22.2 Å². The highest BCUT2D eigenvalue weighted by Crippen LogP contribution is 2.30. The maximum atomic E-state index is 12.6. The molecule has 2 heterocycles. The second-order valence-electron chi connectivity index (χ2n) is 10.4. The van der Waals surface area contributed by atoms with Gasteiger partial charge < -0.3 is 9.72 Å². The van der Waals surface area contributed by atoms with Gasteiger partial charge in [-0.25, -0.2) is 0 Å². The number of rotatable bonds is 16. The Balaban J connectivity index is 1.33. The summed E-state index contributed by atoms with van der Waals surface area (Å²) in [7, 11) is 0. The molecule has 1 aliphatic rings. The van der Waals surface area contributed by atoms with Gasteiger partial charge in [0, 0.05) is 28.9 Å². The van der Waals surface area contributed by atoms with Crippen molar-refractivity contribution in [3.8, 4) is 0 Å². The monoisotopic (exact) mass is 495 g/mol. The van der Waals surface area contributed by atoms with Crippen LogP contribution in [-0.2, 0) is 14.3 Å². The number of aliphatic imine (C=N–C) groups is 1. The number of fused-ring (bicyclic) bond motifs is 1. The molecule has 3 rings (SSSR count). The van der Waals surface area contributed by atoms with Gasteiger partial charge in [0.1, 0.15) is 0 Å². The molecule has 3 atom stereocenters. The number of aromatic amines is 1. The fraction of sp³-hybridized carbons (Fsp3) is 0.633. The van der Waals surface area contributed by atoms with Crippen LogP contribution in [0, 0.1) is 5.92 Å². The Labute approximate surface area is 216 Å². The molecule has 1 fully saturated rings. The summed E-state index contributed by atoms with van der Waals surface area (Å²) < 4.78 is 5.80. The van der Waals surface area contributed by atoms with Crippen molar-refractivity contribution in [2.45, 2.75) is 116 Å². The van der Waals surface area contributed by atoms with Crippen LogP contribution in [0.5, 0.6) is 0 Å². The van der Waals surface area contributed by atoms with Crippen molar-refractivity contribution in [1.82, 2.24) is 10.3 Å². The van der Waals surface area contributed by atoms with Crippen molar-refractivity contribution >= 4 is 28.7 Å². The average molecular weight is 496 g/mol. The van der Waals surface area contributed by atoms with Crippen LogP contribution in [0.25, 0.3) is 10.9 Å². The molecule has 1 aromatic carbocycles. The Hall–Kier alpha value is -2.63. The molecule has 6 heteroatoms. The molecule has 0 aliphatic carbocycles. The van der Waals surface area contributed by atoms with E-state index in [4.69, 9.17) is 4.74 Å². The van der Waals surface area contributed by atoms with Crippen LogP contribution >= 0.6 is 0 Å². The van der Waals surface area contributed by atoms with Crippen molar-refractivity contribution in [2.75, 3.05) is 0 Å². The molecule has 0 saturated carbocycles. The number of carbonyl (C=O) groups is 2. The fourth-order valence-electron chi connectivity index (χ4n) is 5.02. The lowest BCUT2D eigenvalue weighted by Gasteiger charge is -2.15. The Morgan fingerprint density at radius 2 is 1.56 bits per heavy atom. The number of nitrogens with one attached hydrogen (secondary N) is 2. The van der Waals surface area contributed by atoms with Gasteiger partial charge in [0.05, 0.1) is 0 Å². The van der Waals surface area contributed by atoms with E-state index in [9.17, 15) is 9.59 Å². The Morgan fingerprint density at radius 1 is 0.944 bits per heavy atom. The second-order valence-corrected chi connectivity index (χ2v) is 10.4. The zero-order valence-corrected chi connectivity index (χ0v) is 22.5. The van der Waals surface area contributed by atoms with Gasteiger partial charge in [-0.3, -0.25) is 14.9 Å². The molecule has 0 radical (unpaired) electrons. The first-order chi connectivity index (χ1) is 17.5. The molecule has 2 amide bonds. The number of H-pyrrole nitrogens is 1. The van der Waals surface area contributed by atoms with Crippen molar-refractivity contribution in [3.63, 3.8) is 0 Å². The van der Waals surface area contributed by atoms with Crippen LogP contribution in [0.15, 0.2) is 35.5 Å². The number of benzene rings is 1. The van der Waals surface area contributed by atoms with Crippen LogP contribution in [0.4, 0.5) is 0 Å². The summed E-state index contributed by atoms with van der Waals surface area (Å²) in [5, 5.41) is 3.72. The van der Waals surface area contributed by atoms with Crippen LogP contribution in [0.1, 0.15) is 116 Å². The normalized spacial score (nSPS) is 18.4. The Kier molecular flexibility index (Phi) is 11.5. The molecular formula is C30H45N3O3. The van der Waals surface area contributed by atoms with Crippen LogP contribution in [0.3, 0.4) is 0 Å². The predicted octanol–water partition coefficient (Wildman–Crippen LogP) is 7.40. The van der Waals surface area contributed by atoms with Crippen molar-refractivity contribution in [3.05, 3.63) is 36.0 Å². The van der Waals surface area contributed by atoms with Crippen molar-refractivity contribution < 1.29 is 14.3 Å². The van der Waals surface area contributed by atoms with E-state index in [-0.39, 0.29) is 29.7 Å². The molecular weight excluding hydrogens is 450 g/mol. The molecule has 1 saturated heterocycles. The van der Waals surface area contributed by atoms with Gasteiger partial charge in [0.2, 0.25) is 0 Å². The largest absolute Gasteiger partial charge is 0.451 e. The minimum absolute atomic E-state index is 0.0308. The lowest BCUT2D eigenvalue weighted by atomic mass is 9.94. The first-order valence-corrected chi connectivity index (χ1v) is 14.2. The van der Waals surface area contributed by atoms with E-state index in [1.807, 2.05) is 44.3 Å². The predicted molar refractivity (Wildman–Crippen MR) is 147 cm³/mol. The zero-order chi connectivity index (χ0) is 25.8. The molecule has 1 aromatic heterocycles. The lowest BCUT2D eigenvalue weighted by molar-refractivity contribution is -0.124. The average Bonchev–Trinajstić information content (AvgIpc) is 3.47. The van der Waals surface area contributed by atoms with E-state index in [1.165, 1.54) is 64.2 Å². The highest BCUT2D eigenvalue weighted by atomic mass is 16.5. The number of aromatic nitrogens is 1. The highest BCUT2D eigenvalue weighted by Gasteiger charge is 2.37. The van der Waals surface area contributed by atoms with E-state index < -0.39 is 6.10 Å². The molecule has 0 bridgehead atoms. The van der Waals surface area contributed by atoms with Crippen LogP contribution in [-0.4, -0.2) is 28.9 Å². The lowest BCUT2D eigenvalue weighted by Crippen LogP contribution is -2.28. The number of hydrogen-bond donors (Lipinski definition) is 2. The van der Waals surface area contributed by atoms with Gasteiger partial charge in [0.15, 0.2) is 6.10 Å². The van der Waals surface area contributed by atoms with Crippen LogP contribution in [0.2, 0.25) is 0 Å². The molecule has 36 heavy (non-hydrogen) atoms. The molecule has 6 nitrogen and oxygen atoms in total. The van der Waals surface area contributed by atoms with Crippen molar-refractivity contribution in [1.29, 1.82) is 0 Å². The van der Waals surface area contributed by atoms with Crippen molar-refractivity contribution in [2.24, 2.45) is 10.9 Å². The van der Waals surface area contributed by atoms with Gasteiger partial charge in [-0.15, -0.1) is 0 Å². The third-order valence-corrected chi connectivity index (χ3v) is 7.42. The minimum Gasteiger partial charge on any atom is -0.451 e. The quantitative estimate of drug-likeness (QED) is 0.238. The summed E-state index contributed by atoms with van der Waals surface area (Å²) in [6, 6.07) is 8.01. The van der Waals surface area contributed by atoms with Crippen LogP contribution < -0.4 is 5.32 Å². The van der Waals surface area contributed by atoms with Gasteiger partial charge in [-0.2, -0.15) is 4.99 Å². The SMILES string of the molecule is CCCCCCCCCCCCCCC(C)C(=O)N=C1NC(=O)[C@H]([C@H](C)c2c[nH]c3ccccc23)O1. The topological polar surface area (TPSA) is 83.5 Å². The zero-order valence-electron chi connectivity index (χ0n) is 22.5. The molecule has 198 valence electrons. The van der Waals surface area contributed by atoms with Gasteiger partial charge >= 0.3 is 0 Å². The van der Waals surface area contributed by atoms with E-state index in [1.54, 1.807) is 0 Å². The molecule has 1 aliphatic heterocycles. The summed E-state index contributed by atoms with van der Waals surface area (Å²) in [6.07, 6.45) is 17.6. The Bertz CT molecular complexity index is 996. The maximum Gasteiger partial charge on any atom is 0.300 e. The van der Waals surface area contributed by atoms with Gasteiger partial charge in [-0.1, -0.05) is 116 Å². The summed E-state index contributed by atoms with van der Waals surface area (Å²) in [4.78, 5) is 32.5. The maximum absolute atomic E-state index is 12.6. The first-order valence-electron chi connectivity index (χ1n) is 14.2. The van der Waals surface area contributed by atoms with E-state index in [0.29, 0.717) is 0 Å². The standard InChI is InChI=1S/C30H45N3O3/c1-4-5-6-7-8-9-10-11-12-13-14-15-18-22(2)28(34)32-30-33-29(35)27(36-30)23(3)25-21-31-26-20-17-16-19-24(25)26/h16-17,19-23,27,31H,4-15,18H2,1-3H3,(H,32,33,34,35)/t22?,23-,27+/m1/s1. The second kappa shape index (κ2) is 14.8. The summed E-state index contributed by atoms with van der Waals surface area (Å²) in [5.41, 5.74) is 2.03. The first kappa shape index (κ1) is 27.9. The molecule has 2 N–H and O–H groups in total. The number of ether oxygens (including phenoxy) is 1. The highest BCUT2D eigenvalue weighted by molar-refractivity contribution is 6.06. The Morgan fingerprint density at radius 3 is 2.22 bits per heavy atom. The third kappa shape index (κ3) is 8.21. The molecule has 1 unspecified atom stereocenters. The summed E-state index contributed by atoms with van der Waals surface area (Å²) in [5.74, 6) is -0.838. The summed E-state index contributed by atoms with van der Waals surface area (Å²) >= 11 is 0. The van der Waals surface area contributed by atoms with Gasteiger partial charge in [0.25, 0.3) is 17.8 Å². The number of nitrogens with zero attached hydrogens (tertiary/aromatic N) is 1. The number of para-hydroxylation sites is 1. The molecule has 0 spiro atoms. The number of amides is 2. The minimum atomic E-state index is -0.706. The fourth-order valence-corrected chi connectivity index (χ4v) is 5.02. The number of hydrogen-bond acceptors (Lipinski definition) is 3. The number of unbranched alkanes of at least 4 members (excludes halogenated alkanes) is 11. The van der Waals surface area contributed by atoms with E-state index in [0.717, 1.165) is 35.7 Å². The number of carbonyl (C=O) groups excluding carboxylic acids is 2.